The number of hydrogen-bond donors (Lipinski definition) is 1. The summed E-state index contributed by atoms with van der Waals surface area (Å²) in [5.41, 5.74) is 6.67. The molecule has 2 N–H and O–H groups in total. The normalized spacial score (nSPS) is 16.8. The van der Waals surface area contributed by atoms with Gasteiger partial charge in [-0.25, -0.2) is 13.4 Å². The lowest BCUT2D eigenvalue weighted by molar-refractivity contribution is 0.0674. The molecule has 1 fully saturated rings. The van der Waals surface area contributed by atoms with Gasteiger partial charge in [-0.3, -0.25) is 0 Å². The fraction of sp³-hybridized carbons (Fsp3) is 0.500. The highest BCUT2D eigenvalue weighted by atomic mass is 35.5. The van der Waals surface area contributed by atoms with Crippen LogP contribution in [0, 0.1) is 0 Å². The summed E-state index contributed by atoms with van der Waals surface area (Å²) < 4.78 is 29.2. The topological polar surface area (TPSA) is 85.0 Å². The Kier molecular flexibility index (Phi) is 5.66. The molecule has 1 aromatic rings. The third-order valence-corrected chi connectivity index (χ3v) is 5.36. The van der Waals surface area contributed by atoms with Gasteiger partial charge in [-0.15, -0.1) is 0 Å². The molecular weight excluding hydrogens is 326 g/mol. The number of hydrogen-bond acceptors (Lipinski definition) is 4. The number of rotatable bonds is 4. The lowest BCUT2D eigenvalue weighted by Crippen LogP contribution is -2.44. The number of nitrogens with two attached hydrogens (primary N) is 1. The minimum absolute atomic E-state index is 0.0337. The molecule has 22 heavy (non-hydrogen) atoms. The van der Waals surface area contributed by atoms with Gasteiger partial charge in [0, 0.05) is 18.1 Å². The highest BCUT2D eigenvalue weighted by molar-refractivity contribution is 7.91. The van der Waals surface area contributed by atoms with Gasteiger partial charge in [0.15, 0.2) is 15.8 Å². The van der Waals surface area contributed by atoms with Crippen molar-refractivity contribution in [2.75, 3.05) is 32.1 Å². The molecule has 1 heterocycles. The van der Waals surface area contributed by atoms with Gasteiger partial charge in [0.05, 0.1) is 30.4 Å². The molecule has 1 aromatic carbocycles. The molecule has 6 nitrogen and oxygen atoms in total. The van der Waals surface area contributed by atoms with E-state index in [1.807, 2.05) is 4.90 Å². The van der Waals surface area contributed by atoms with E-state index in [1.54, 1.807) is 19.1 Å². The Balaban J connectivity index is 2.15. The Morgan fingerprint density at radius 3 is 2.68 bits per heavy atom. The second-order valence-electron chi connectivity index (χ2n) is 4.97. The van der Waals surface area contributed by atoms with E-state index in [-0.39, 0.29) is 17.2 Å². The molecule has 1 saturated heterocycles. The average Bonchev–Trinajstić information content (AvgIpc) is 2.53. The molecule has 1 aliphatic heterocycles. The Bertz CT molecular complexity index is 655. The second kappa shape index (κ2) is 7.30. The summed E-state index contributed by atoms with van der Waals surface area (Å²) in [6, 6.07) is 4.76. The van der Waals surface area contributed by atoms with Crippen molar-refractivity contribution < 1.29 is 13.2 Å². The van der Waals surface area contributed by atoms with E-state index < -0.39 is 9.84 Å². The zero-order valence-corrected chi connectivity index (χ0v) is 14.0. The van der Waals surface area contributed by atoms with Gasteiger partial charge in [-0.1, -0.05) is 18.5 Å². The zero-order valence-electron chi connectivity index (χ0n) is 12.5. The molecule has 1 aliphatic rings. The first-order valence-electron chi connectivity index (χ1n) is 7.07. The quantitative estimate of drug-likeness (QED) is 0.656. The summed E-state index contributed by atoms with van der Waals surface area (Å²) in [6.45, 7) is 4.57. The number of ether oxygens (including phenoxy) is 1. The van der Waals surface area contributed by atoms with Crippen molar-refractivity contribution in [1.82, 2.24) is 4.90 Å². The van der Waals surface area contributed by atoms with E-state index in [0.29, 0.717) is 37.3 Å². The third-order valence-electron chi connectivity index (χ3n) is 3.43. The maximum absolute atomic E-state index is 11.9. The number of sulfone groups is 1. The fourth-order valence-electron chi connectivity index (χ4n) is 2.12. The standard InChI is InChI=1S/C14H20ClN3O3S/c1-2-22(19,20)13-8-11(7-12(15)9-13)10-17-14(16)18-3-5-21-6-4-18/h7-9H,2-6,10H2,1H3,(H2,16,17). The highest BCUT2D eigenvalue weighted by Gasteiger charge is 2.14. The Morgan fingerprint density at radius 2 is 2.05 bits per heavy atom. The predicted molar refractivity (Wildman–Crippen MR) is 86.9 cm³/mol. The molecule has 0 radical (unpaired) electrons. The van der Waals surface area contributed by atoms with Crippen LogP contribution in [0.3, 0.4) is 0 Å². The summed E-state index contributed by atoms with van der Waals surface area (Å²) in [7, 11) is -3.29. The number of halogens is 1. The Labute approximate surface area is 135 Å². The van der Waals surface area contributed by atoms with Gasteiger partial charge < -0.3 is 15.4 Å². The summed E-state index contributed by atoms with van der Waals surface area (Å²) in [6.07, 6.45) is 0. The molecule has 0 amide bonds. The maximum atomic E-state index is 11.9. The van der Waals surface area contributed by atoms with Crippen molar-refractivity contribution in [1.29, 1.82) is 0 Å². The van der Waals surface area contributed by atoms with Crippen molar-refractivity contribution >= 4 is 27.4 Å². The maximum Gasteiger partial charge on any atom is 0.191 e. The van der Waals surface area contributed by atoms with Crippen molar-refractivity contribution in [3.63, 3.8) is 0 Å². The molecule has 0 aliphatic carbocycles. The smallest absolute Gasteiger partial charge is 0.191 e. The van der Waals surface area contributed by atoms with Crippen molar-refractivity contribution in [3.8, 4) is 0 Å². The van der Waals surface area contributed by atoms with E-state index in [1.165, 1.54) is 6.07 Å². The summed E-state index contributed by atoms with van der Waals surface area (Å²) >= 11 is 6.01. The molecule has 0 spiro atoms. The van der Waals surface area contributed by atoms with Crippen LogP contribution in [0.5, 0.6) is 0 Å². The van der Waals surface area contributed by atoms with Crippen LogP contribution in [0.2, 0.25) is 5.02 Å². The lowest BCUT2D eigenvalue weighted by atomic mass is 10.2. The van der Waals surface area contributed by atoms with Gasteiger partial charge >= 0.3 is 0 Å². The van der Waals surface area contributed by atoms with Gasteiger partial charge in [-0.05, 0) is 23.8 Å². The van der Waals surface area contributed by atoms with Crippen LogP contribution >= 0.6 is 11.6 Å². The molecule has 2 rings (SSSR count). The van der Waals surface area contributed by atoms with E-state index in [4.69, 9.17) is 22.1 Å². The minimum atomic E-state index is -3.29. The van der Waals surface area contributed by atoms with Crippen LogP contribution in [0.1, 0.15) is 12.5 Å². The van der Waals surface area contributed by atoms with Crippen LogP contribution in [-0.4, -0.2) is 51.3 Å². The summed E-state index contributed by atoms with van der Waals surface area (Å²) in [5.74, 6) is 0.467. The zero-order chi connectivity index (χ0) is 16.2. The van der Waals surface area contributed by atoms with E-state index in [9.17, 15) is 8.42 Å². The Morgan fingerprint density at radius 1 is 1.36 bits per heavy atom. The lowest BCUT2D eigenvalue weighted by Gasteiger charge is -2.27. The van der Waals surface area contributed by atoms with Gasteiger partial charge in [0.2, 0.25) is 0 Å². The number of morpholine rings is 1. The van der Waals surface area contributed by atoms with Crippen molar-refractivity contribution in [2.45, 2.75) is 18.4 Å². The molecule has 8 heteroatoms. The van der Waals surface area contributed by atoms with Crippen molar-refractivity contribution in [3.05, 3.63) is 28.8 Å². The molecule has 122 valence electrons. The summed E-state index contributed by atoms with van der Waals surface area (Å²) in [5, 5.41) is 0.379. The Hall–Kier alpha value is -1.31. The molecule has 0 bridgehead atoms. The van der Waals surface area contributed by atoms with Gasteiger partial charge in [0.25, 0.3) is 0 Å². The number of aliphatic imine (C=N–C) groups is 1. The molecular formula is C14H20ClN3O3S. The van der Waals surface area contributed by atoms with Gasteiger partial charge in [-0.2, -0.15) is 0 Å². The first-order chi connectivity index (χ1) is 10.4. The van der Waals surface area contributed by atoms with Crippen LogP contribution in [0.4, 0.5) is 0 Å². The van der Waals surface area contributed by atoms with Gasteiger partial charge in [0.1, 0.15) is 0 Å². The largest absolute Gasteiger partial charge is 0.378 e. The number of benzene rings is 1. The van der Waals surface area contributed by atoms with E-state index >= 15 is 0 Å². The molecule has 0 aromatic heterocycles. The van der Waals surface area contributed by atoms with Crippen molar-refractivity contribution in [2.24, 2.45) is 10.7 Å². The SMILES string of the molecule is CCS(=O)(=O)c1cc(Cl)cc(CN=C(N)N2CCOCC2)c1. The predicted octanol–water partition coefficient (Wildman–Crippen LogP) is 1.28. The third kappa shape index (κ3) is 4.34. The average molecular weight is 346 g/mol. The molecule has 0 saturated carbocycles. The highest BCUT2D eigenvalue weighted by Crippen LogP contribution is 2.20. The first kappa shape index (κ1) is 17.1. The van der Waals surface area contributed by atoms with Crippen LogP contribution in [0.15, 0.2) is 28.1 Å². The van der Waals surface area contributed by atoms with E-state index in [0.717, 1.165) is 5.56 Å². The molecule has 0 atom stereocenters. The fourth-order valence-corrected chi connectivity index (χ4v) is 3.42. The summed E-state index contributed by atoms with van der Waals surface area (Å²) in [4.78, 5) is 6.48. The van der Waals surface area contributed by atoms with Crippen LogP contribution < -0.4 is 5.73 Å². The van der Waals surface area contributed by atoms with Crippen LogP contribution in [0.25, 0.3) is 0 Å². The first-order valence-corrected chi connectivity index (χ1v) is 9.10. The number of nitrogens with zero attached hydrogens (tertiary/aromatic N) is 2. The monoisotopic (exact) mass is 345 g/mol. The van der Waals surface area contributed by atoms with Crippen LogP contribution in [-0.2, 0) is 21.1 Å². The molecule has 0 unspecified atom stereocenters. The van der Waals surface area contributed by atoms with E-state index in [2.05, 4.69) is 4.99 Å². The number of guanidine groups is 1. The minimum Gasteiger partial charge on any atom is -0.378 e. The second-order valence-corrected chi connectivity index (χ2v) is 7.69.